The van der Waals surface area contributed by atoms with Crippen LogP contribution in [0.25, 0.3) is 22.0 Å². The Balaban J connectivity index is 1.64. The number of nitrogens with zero attached hydrogens (tertiary/aromatic N) is 3. The number of phenolic OH excluding ortho intramolecular Hbond substituents is 1. The molecule has 2 N–H and O–H groups in total. The standard InChI is InChI=1S/C27H25FN4O2/c1-2-25(34)31-15-7-10-20(17-31)32-27(29-19-8-4-3-5-9-19)21-16-18(13-14-23(21)30-32)26-22(28)11-6-12-24(26)33/h2-6,8-9,11-14,16,20,29,33H,1,7,10,15,17H2. The first-order valence-corrected chi connectivity index (χ1v) is 11.3. The number of aromatic nitrogens is 2. The summed E-state index contributed by atoms with van der Waals surface area (Å²) in [5.41, 5.74) is 2.35. The van der Waals surface area contributed by atoms with Gasteiger partial charge in [-0.25, -0.2) is 9.07 Å². The summed E-state index contributed by atoms with van der Waals surface area (Å²) in [6.07, 6.45) is 3.08. The Kier molecular flexibility index (Phi) is 5.76. The zero-order valence-corrected chi connectivity index (χ0v) is 18.6. The first-order chi connectivity index (χ1) is 16.5. The number of hydrogen-bond donors (Lipinski definition) is 2. The van der Waals surface area contributed by atoms with Crippen molar-refractivity contribution >= 4 is 28.3 Å². The molecule has 0 bridgehead atoms. The molecule has 6 nitrogen and oxygen atoms in total. The van der Waals surface area contributed by atoms with E-state index >= 15 is 0 Å². The van der Waals surface area contributed by atoms with Gasteiger partial charge in [0.2, 0.25) is 5.91 Å². The maximum atomic E-state index is 14.6. The molecule has 1 saturated heterocycles. The monoisotopic (exact) mass is 456 g/mol. The number of benzene rings is 3. The number of fused-ring (bicyclic) bond motifs is 1. The number of anilines is 2. The van der Waals surface area contributed by atoms with Crippen LogP contribution < -0.4 is 5.32 Å². The van der Waals surface area contributed by atoms with E-state index in [2.05, 4.69) is 11.9 Å². The van der Waals surface area contributed by atoms with Crippen LogP contribution in [0, 0.1) is 5.82 Å². The molecular formula is C27H25FN4O2. The SMILES string of the molecule is C=CC(=O)N1CCCC(n2nc3ccc(-c4c(O)cccc4F)cc3c2Nc2ccccc2)C1. The molecule has 0 spiro atoms. The molecule has 0 radical (unpaired) electrons. The van der Waals surface area contributed by atoms with Crippen LogP contribution in [0.2, 0.25) is 0 Å². The zero-order chi connectivity index (χ0) is 23.7. The van der Waals surface area contributed by atoms with Crippen LogP contribution in [-0.4, -0.2) is 38.8 Å². The van der Waals surface area contributed by atoms with Gasteiger partial charge in [0.15, 0.2) is 0 Å². The van der Waals surface area contributed by atoms with Crippen molar-refractivity contribution in [3.05, 3.63) is 85.2 Å². The van der Waals surface area contributed by atoms with Gasteiger partial charge in [0, 0.05) is 24.2 Å². The van der Waals surface area contributed by atoms with Crippen molar-refractivity contribution in [2.45, 2.75) is 18.9 Å². The second kappa shape index (κ2) is 9.02. The molecule has 0 aliphatic carbocycles. The van der Waals surface area contributed by atoms with Crippen molar-refractivity contribution in [1.29, 1.82) is 0 Å². The molecule has 1 aromatic heterocycles. The van der Waals surface area contributed by atoms with E-state index in [1.165, 1.54) is 24.3 Å². The molecule has 172 valence electrons. The normalized spacial score (nSPS) is 15.9. The molecule has 1 aliphatic rings. The number of amides is 1. The highest BCUT2D eigenvalue weighted by Crippen LogP contribution is 2.38. The van der Waals surface area contributed by atoms with Crippen LogP contribution in [0.5, 0.6) is 5.75 Å². The molecule has 5 rings (SSSR count). The predicted molar refractivity (Wildman–Crippen MR) is 132 cm³/mol. The van der Waals surface area contributed by atoms with E-state index in [1.807, 2.05) is 47.1 Å². The highest BCUT2D eigenvalue weighted by Gasteiger charge is 2.27. The van der Waals surface area contributed by atoms with Gasteiger partial charge in [-0.05, 0) is 60.9 Å². The number of piperidine rings is 1. The lowest BCUT2D eigenvalue weighted by atomic mass is 10.0. The van der Waals surface area contributed by atoms with E-state index in [4.69, 9.17) is 5.10 Å². The van der Waals surface area contributed by atoms with Crippen LogP contribution >= 0.6 is 0 Å². The fraction of sp³-hybridized carbons (Fsp3) is 0.185. The number of phenols is 1. The number of aromatic hydroxyl groups is 1. The third kappa shape index (κ3) is 4.01. The fourth-order valence-electron chi connectivity index (χ4n) is 4.59. The van der Waals surface area contributed by atoms with Gasteiger partial charge in [0.1, 0.15) is 17.4 Å². The predicted octanol–water partition coefficient (Wildman–Crippen LogP) is 5.64. The Morgan fingerprint density at radius 3 is 2.74 bits per heavy atom. The number of carbonyl (C=O) groups excluding carboxylic acids is 1. The third-order valence-corrected chi connectivity index (χ3v) is 6.24. The highest BCUT2D eigenvalue weighted by molar-refractivity contribution is 5.95. The molecule has 7 heteroatoms. The Morgan fingerprint density at radius 1 is 1.15 bits per heavy atom. The van der Waals surface area contributed by atoms with Gasteiger partial charge >= 0.3 is 0 Å². The van der Waals surface area contributed by atoms with E-state index < -0.39 is 5.82 Å². The van der Waals surface area contributed by atoms with Crippen molar-refractivity contribution < 1.29 is 14.3 Å². The topological polar surface area (TPSA) is 70.4 Å². The van der Waals surface area contributed by atoms with Crippen LogP contribution in [0.15, 0.2) is 79.4 Å². The van der Waals surface area contributed by atoms with Crippen molar-refractivity contribution in [3.63, 3.8) is 0 Å². The van der Waals surface area contributed by atoms with Crippen LogP contribution in [0.4, 0.5) is 15.9 Å². The number of likely N-dealkylation sites (tertiary alicyclic amines) is 1. The van der Waals surface area contributed by atoms with Crippen LogP contribution in [0.1, 0.15) is 18.9 Å². The lowest BCUT2D eigenvalue weighted by molar-refractivity contribution is -0.127. The maximum absolute atomic E-state index is 14.6. The van der Waals surface area contributed by atoms with E-state index in [9.17, 15) is 14.3 Å². The molecule has 1 atom stereocenters. The minimum Gasteiger partial charge on any atom is -0.507 e. The Labute approximate surface area is 196 Å². The second-order valence-corrected chi connectivity index (χ2v) is 8.43. The highest BCUT2D eigenvalue weighted by atomic mass is 19.1. The number of para-hydroxylation sites is 1. The molecular weight excluding hydrogens is 431 g/mol. The molecule has 2 heterocycles. The summed E-state index contributed by atoms with van der Waals surface area (Å²) in [6.45, 7) is 4.84. The van der Waals surface area contributed by atoms with Crippen LogP contribution in [0.3, 0.4) is 0 Å². The quantitative estimate of drug-likeness (QED) is 0.381. The van der Waals surface area contributed by atoms with Crippen molar-refractivity contribution in [2.75, 3.05) is 18.4 Å². The lowest BCUT2D eigenvalue weighted by Gasteiger charge is -2.33. The summed E-state index contributed by atoms with van der Waals surface area (Å²) in [7, 11) is 0. The summed E-state index contributed by atoms with van der Waals surface area (Å²) in [5.74, 6) is 0.0680. The second-order valence-electron chi connectivity index (χ2n) is 8.43. The molecule has 4 aromatic rings. The number of rotatable bonds is 5. The molecule has 3 aromatic carbocycles. The first kappa shape index (κ1) is 21.7. The molecule has 1 fully saturated rings. The smallest absolute Gasteiger partial charge is 0.246 e. The minimum absolute atomic E-state index is 0.0263. The summed E-state index contributed by atoms with van der Waals surface area (Å²) in [4.78, 5) is 14.1. The fourth-order valence-corrected chi connectivity index (χ4v) is 4.59. The number of carbonyl (C=O) groups is 1. The molecule has 1 aliphatic heterocycles. The van der Waals surface area contributed by atoms with Gasteiger partial charge in [0.05, 0.1) is 17.1 Å². The van der Waals surface area contributed by atoms with Crippen molar-refractivity contribution in [2.24, 2.45) is 0 Å². The van der Waals surface area contributed by atoms with Crippen molar-refractivity contribution in [1.82, 2.24) is 14.7 Å². The average molecular weight is 457 g/mol. The lowest BCUT2D eigenvalue weighted by Crippen LogP contribution is -2.40. The number of halogens is 1. The van der Waals surface area contributed by atoms with E-state index in [1.54, 1.807) is 11.0 Å². The van der Waals surface area contributed by atoms with Crippen molar-refractivity contribution in [3.8, 4) is 16.9 Å². The minimum atomic E-state index is -0.491. The number of nitrogens with one attached hydrogen (secondary N) is 1. The van der Waals surface area contributed by atoms with Gasteiger partial charge in [0.25, 0.3) is 0 Å². The molecule has 0 saturated carbocycles. The van der Waals surface area contributed by atoms with Gasteiger partial charge in [-0.1, -0.05) is 36.9 Å². The zero-order valence-electron chi connectivity index (χ0n) is 18.6. The Hall–Kier alpha value is -4.13. The van der Waals surface area contributed by atoms with E-state index in [0.29, 0.717) is 18.7 Å². The molecule has 34 heavy (non-hydrogen) atoms. The third-order valence-electron chi connectivity index (χ3n) is 6.24. The summed E-state index contributed by atoms with van der Waals surface area (Å²) >= 11 is 0. The summed E-state index contributed by atoms with van der Waals surface area (Å²) in [5, 5.41) is 19.5. The van der Waals surface area contributed by atoms with Gasteiger partial charge < -0.3 is 15.3 Å². The van der Waals surface area contributed by atoms with Crippen LogP contribution in [-0.2, 0) is 4.79 Å². The van der Waals surface area contributed by atoms with Gasteiger partial charge in [-0.3, -0.25) is 4.79 Å². The average Bonchev–Trinajstić information content (AvgIpc) is 3.22. The largest absolute Gasteiger partial charge is 0.507 e. The van der Waals surface area contributed by atoms with Gasteiger partial charge in [-0.2, -0.15) is 5.10 Å². The van der Waals surface area contributed by atoms with Gasteiger partial charge in [-0.15, -0.1) is 0 Å². The number of hydrogen-bond acceptors (Lipinski definition) is 4. The summed E-state index contributed by atoms with van der Waals surface area (Å²) < 4.78 is 16.5. The van der Waals surface area contributed by atoms with E-state index in [-0.39, 0.29) is 23.3 Å². The Morgan fingerprint density at radius 2 is 1.97 bits per heavy atom. The summed E-state index contributed by atoms with van der Waals surface area (Å²) in [6, 6.07) is 19.5. The maximum Gasteiger partial charge on any atom is 0.246 e. The Bertz CT molecular complexity index is 1350. The van der Waals surface area contributed by atoms with E-state index in [0.717, 1.165) is 35.2 Å². The first-order valence-electron chi connectivity index (χ1n) is 11.3. The molecule has 1 amide bonds. The molecule has 1 unspecified atom stereocenters.